The summed E-state index contributed by atoms with van der Waals surface area (Å²) in [6, 6.07) is -4.45. The van der Waals surface area contributed by atoms with Crippen LogP contribution >= 0.6 is 0 Å². The van der Waals surface area contributed by atoms with Crippen molar-refractivity contribution in [3.05, 3.63) is 28.8 Å². The number of benzene rings is 1. The third-order valence-corrected chi connectivity index (χ3v) is 7.38. The quantitative estimate of drug-likeness (QED) is 0.189. The lowest BCUT2D eigenvalue weighted by molar-refractivity contribution is -0.463. The van der Waals surface area contributed by atoms with Crippen molar-refractivity contribution in [3.63, 3.8) is 0 Å². The molecule has 0 unspecified atom stereocenters. The molecule has 1 N–H and O–H groups in total. The maximum absolute atomic E-state index is 14.8. The summed E-state index contributed by atoms with van der Waals surface area (Å²) in [5.74, 6) is -131. The van der Waals surface area contributed by atoms with Gasteiger partial charge in [0.25, 0.3) is 0 Å². The summed E-state index contributed by atoms with van der Waals surface area (Å²) in [6.45, 7) is 0. The van der Waals surface area contributed by atoms with Gasteiger partial charge in [0.15, 0.2) is 0 Å². The first-order chi connectivity index (χ1) is 25.1. The monoisotopic (exact) mass is 955 g/mol. The number of phenols is 1. The number of aromatic hydroxyl groups is 1. The van der Waals surface area contributed by atoms with Gasteiger partial charge >= 0.3 is 95.3 Å². The van der Waals surface area contributed by atoms with Gasteiger partial charge in [0.05, 0.1) is 11.1 Å². The molecule has 0 spiro atoms. The van der Waals surface area contributed by atoms with Gasteiger partial charge in [-0.1, -0.05) is 0 Å². The van der Waals surface area contributed by atoms with Crippen molar-refractivity contribution in [2.75, 3.05) is 0 Å². The van der Waals surface area contributed by atoms with Crippen LogP contribution in [-0.2, 0) is 11.8 Å². The smallest absolute Gasteiger partial charge is 0.460 e. The van der Waals surface area contributed by atoms with E-state index in [0.29, 0.717) is 0 Å². The van der Waals surface area contributed by atoms with Gasteiger partial charge in [-0.3, -0.25) is 0 Å². The van der Waals surface area contributed by atoms with E-state index in [1.54, 1.807) is 0 Å². The number of nitrogens with zero attached hydrogens (tertiary/aromatic N) is 1. The van der Waals surface area contributed by atoms with Crippen LogP contribution in [0.25, 0.3) is 0 Å². The normalized spacial score (nSPS) is 16.4. The molecule has 36 heteroatoms. The first-order valence-electron chi connectivity index (χ1n) is 12.8. The molecule has 59 heavy (non-hydrogen) atoms. The van der Waals surface area contributed by atoms with Crippen molar-refractivity contribution in [2.45, 2.75) is 95.3 Å². The molecule has 0 saturated carbocycles. The number of rotatable bonds is 14. The van der Waals surface area contributed by atoms with E-state index >= 15 is 0 Å². The Balaban J connectivity index is 4.28. The lowest BCUT2D eigenvalue weighted by atomic mass is 9.84. The van der Waals surface area contributed by atoms with Gasteiger partial charge in [0.1, 0.15) is 11.8 Å². The standard InChI is InChI=1S/C23H3F34NO/c24-8(25,10(28,29)12(32,33)14(36,37)16(40,41)18(44,45)20(48,49)22(52,53)54)5-1-4(3-58)7(59)6(2-5)9(26,27)11(30,31)13(34,35)15(38,39)17(42,43)19(46,47)21(50,51)23(55,56)57/h1-2,59H. The Morgan fingerprint density at radius 2 is 0.542 bits per heavy atom. The summed E-state index contributed by atoms with van der Waals surface area (Å²) >= 11 is 0. The molecule has 0 aliphatic heterocycles. The molecule has 0 heterocycles. The maximum Gasteiger partial charge on any atom is 0.460 e. The van der Waals surface area contributed by atoms with Crippen LogP contribution in [0.4, 0.5) is 149 Å². The Morgan fingerprint density at radius 1 is 0.322 bits per heavy atom. The highest BCUT2D eigenvalue weighted by Gasteiger charge is 2.97. The summed E-state index contributed by atoms with van der Waals surface area (Å²) in [5, 5.41) is 18.1. The van der Waals surface area contributed by atoms with Crippen molar-refractivity contribution in [3.8, 4) is 11.8 Å². The Morgan fingerprint density at radius 3 is 0.780 bits per heavy atom. The van der Waals surface area contributed by atoms with Gasteiger partial charge in [0, 0.05) is 5.56 Å². The fourth-order valence-electron chi connectivity index (χ4n) is 3.82. The zero-order valence-corrected chi connectivity index (χ0v) is 25.4. The highest BCUT2D eigenvalue weighted by atomic mass is 19.4. The molecule has 0 atom stereocenters. The lowest BCUT2D eigenvalue weighted by Gasteiger charge is -2.43. The first-order valence-corrected chi connectivity index (χ1v) is 12.8. The van der Waals surface area contributed by atoms with E-state index in [1.807, 2.05) is 0 Å². The molecule has 0 bridgehead atoms. The van der Waals surface area contributed by atoms with E-state index in [2.05, 4.69) is 0 Å². The van der Waals surface area contributed by atoms with Crippen molar-refractivity contribution in [1.29, 1.82) is 5.26 Å². The second-order valence-electron chi connectivity index (χ2n) is 11.1. The van der Waals surface area contributed by atoms with Crippen molar-refractivity contribution in [1.82, 2.24) is 0 Å². The average Bonchev–Trinajstić information content (AvgIpc) is 3.02. The van der Waals surface area contributed by atoms with Crippen LogP contribution < -0.4 is 0 Å². The molecular weight excluding hydrogens is 952 g/mol. The minimum atomic E-state index is -9.50. The minimum absolute atomic E-state index is 0.185. The Bertz CT molecular complexity index is 1790. The Hall–Kier alpha value is -3.87. The SMILES string of the molecule is N#Cc1cc(C(F)(F)C(F)(F)C(F)(F)C(F)(F)C(F)(F)C(F)(F)C(F)(F)C(F)(F)F)cc(C(F)(F)C(F)(F)C(F)(F)C(F)(F)C(F)(F)C(F)(F)C(F)(F)C(F)(F)F)c1O. The van der Waals surface area contributed by atoms with E-state index in [9.17, 15) is 154 Å². The molecule has 1 rings (SSSR count). The Labute approximate surface area is 296 Å². The third-order valence-electron chi connectivity index (χ3n) is 7.38. The van der Waals surface area contributed by atoms with E-state index in [1.165, 1.54) is 0 Å². The average molecular weight is 955 g/mol. The van der Waals surface area contributed by atoms with Crippen LogP contribution in [0, 0.1) is 11.3 Å². The van der Waals surface area contributed by atoms with E-state index in [-0.39, 0.29) is 6.07 Å². The van der Waals surface area contributed by atoms with Gasteiger partial charge in [-0.05, 0) is 12.1 Å². The van der Waals surface area contributed by atoms with Gasteiger partial charge in [-0.15, -0.1) is 0 Å². The predicted octanol–water partition coefficient (Wildman–Crippen LogP) is 12.2. The largest absolute Gasteiger partial charge is 0.506 e. The molecule has 0 fully saturated rings. The maximum atomic E-state index is 14.8. The number of nitriles is 1. The predicted molar refractivity (Wildman–Crippen MR) is 112 cm³/mol. The van der Waals surface area contributed by atoms with E-state index in [0.717, 1.165) is 0 Å². The van der Waals surface area contributed by atoms with Crippen LogP contribution in [0.15, 0.2) is 12.1 Å². The molecule has 0 aliphatic rings. The van der Waals surface area contributed by atoms with Crippen molar-refractivity contribution < 1.29 is 154 Å². The van der Waals surface area contributed by atoms with Crippen LogP contribution in [-0.4, -0.2) is 88.5 Å². The molecule has 0 saturated heterocycles. The van der Waals surface area contributed by atoms with Crippen LogP contribution in [0.5, 0.6) is 5.75 Å². The van der Waals surface area contributed by atoms with Gasteiger partial charge < -0.3 is 5.11 Å². The zero-order valence-electron chi connectivity index (χ0n) is 25.4. The third kappa shape index (κ3) is 6.36. The number of alkyl halides is 34. The number of hydrogen-bond donors (Lipinski definition) is 1. The molecule has 0 aliphatic carbocycles. The fourth-order valence-corrected chi connectivity index (χ4v) is 3.82. The number of hydrogen-bond acceptors (Lipinski definition) is 2. The highest BCUT2D eigenvalue weighted by molar-refractivity contribution is 5.54. The van der Waals surface area contributed by atoms with Gasteiger partial charge in [0.2, 0.25) is 0 Å². The Kier molecular flexibility index (Phi) is 12.0. The van der Waals surface area contributed by atoms with Gasteiger partial charge in [-0.2, -0.15) is 155 Å². The number of phenolic OH excluding ortho intramolecular Hbond substituents is 1. The second kappa shape index (κ2) is 13.3. The molecule has 1 aromatic rings. The molecule has 2 nitrogen and oxygen atoms in total. The van der Waals surface area contributed by atoms with Gasteiger partial charge in [-0.25, -0.2) is 0 Å². The summed E-state index contributed by atoms with van der Waals surface area (Å²) < 4.78 is 463. The minimum Gasteiger partial charge on any atom is -0.506 e. The van der Waals surface area contributed by atoms with Crippen LogP contribution in [0.2, 0.25) is 0 Å². The molecular formula is C23H3F34NO. The van der Waals surface area contributed by atoms with Crippen molar-refractivity contribution in [2.24, 2.45) is 0 Å². The summed E-state index contributed by atoms with van der Waals surface area (Å²) in [5.41, 5.74) is -11.9. The topological polar surface area (TPSA) is 44.0 Å². The molecule has 0 aromatic heterocycles. The zero-order chi connectivity index (χ0) is 48.4. The molecule has 0 amide bonds. The number of halogens is 34. The molecule has 0 radical (unpaired) electrons. The second-order valence-corrected chi connectivity index (χ2v) is 11.1. The lowest BCUT2D eigenvalue weighted by Crippen LogP contribution is -2.74. The van der Waals surface area contributed by atoms with E-state index < -0.39 is 130 Å². The fraction of sp³-hybridized carbons (Fsp3) is 0.696. The molecule has 344 valence electrons. The van der Waals surface area contributed by atoms with Crippen LogP contribution in [0.3, 0.4) is 0 Å². The molecule has 1 aromatic carbocycles. The van der Waals surface area contributed by atoms with E-state index in [4.69, 9.17) is 5.26 Å². The first kappa shape index (κ1) is 53.1. The van der Waals surface area contributed by atoms with Crippen molar-refractivity contribution >= 4 is 0 Å². The highest BCUT2D eigenvalue weighted by Crippen LogP contribution is 2.68. The van der Waals surface area contributed by atoms with Crippen LogP contribution in [0.1, 0.15) is 16.7 Å². The summed E-state index contributed by atoms with van der Waals surface area (Å²) in [4.78, 5) is 0. The summed E-state index contributed by atoms with van der Waals surface area (Å²) in [7, 11) is 0. The summed E-state index contributed by atoms with van der Waals surface area (Å²) in [6.07, 6.45) is -16.5.